The summed E-state index contributed by atoms with van der Waals surface area (Å²) >= 11 is 7.91. The van der Waals surface area contributed by atoms with Gasteiger partial charge in [0.2, 0.25) is 0 Å². The lowest BCUT2D eigenvalue weighted by Crippen LogP contribution is -2.37. The van der Waals surface area contributed by atoms with Gasteiger partial charge >= 0.3 is 0 Å². The highest BCUT2D eigenvalue weighted by atomic mass is 127. The Morgan fingerprint density at radius 1 is 1.62 bits per heavy atom. The Bertz CT molecular complexity index is 380. The number of aliphatic hydroxyl groups is 1. The average molecular weight is 354 g/mol. The van der Waals surface area contributed by atoms with E-state index in [2.05, 4.69) is 27.9 Å². The summed E-state index contributed by atoms with van der Waals surface area (Å²) < 4.78 is 0.840. The van der Waals surface area contributed by atoms with E-state index in [-0.39, 0.29) is 18.6 Å². The van der Waals surface area contributed by atoms with Crippen LogP contribution in [0.3, 0.4) is 0 Å². The van der Waals surface area contributed by atoms with Crippen LogP contribution < -0.4 is 5.32 Å². The first kappa shape index (κ1) is 13.7. The van der Waals surface area contributed by atoms with Crippen LogP contribution in [0.5, 0.6) is 0 Å². The largest absolute Gasteiger partial charge is 0.394 e. The number of hydrogen-bond acceptors (Lipinski definition) is 2. The van der Waals surface area contributed by atoms with Crippen LogP contribution in [0, 0.1) is 3.57 Å². The number of rotatable bonds is 4. The van der Waals surface area contributed by atoms with Crippen molar-refractivity contribution in [2.24, 2.45) is 0 Å². The van der Waals surface area contributed by atoms with E-state index in [9.17, 15) is 4.79 Å². The summed E-state index contributed by atoms with van der Waals surface area (Å²) in [6.07, 6.45) is 0.694. The molecule has 1 aromatic carbocycles. The van der Waals surface area contributed by atoms with Gasteiger partial charge < -0.3 is 10.4 Å². The van der Waals surface area contributed by atoms with Crippen molar-refractivity contribution in [3.8, 4) is 0 Å². The van der Waals surface area contributed by atoms with E-state index in [1.165, 1.54) is 0 Å². The first-order valence-corrected chi connectivity index (χ1v) is 6.41. The fourth-order valence-corrected chi connectivity index (χ4v) is 1.96. The van der Waals surface area contributed by atoms with Gasteiger partial charge in [0.05, 0.1) is 18.2 Å². The molecule has 0 aliphatic rings. The van der Waals surface area contributed by atoms with Crippen LogP contribution in [0.4, 0.5) is 0 Å². The molecule has 0 spiro atoms. The summed E-state index contributed by atoms with van der Waals surface area (Å²) in [5.41, 5.74) is 0.542. The van der Waals surface area contributed by atoms with Crippen LogP contribution in [0.25, 0.3) is 0 Å². The van der Waals surface area contributed by atoms with E-state index in [0.29, 0.717) is 17.0 Å². The SMILES string of the molecule is CC[C@@H](CO)NC(=O)c1cc(Cl)ccc1I. The summed E-state index contributed by atoms with van der Waals surface area (Å²) in [5, 5.41) is 12.3. The first-order valence-electron chi connectivity index (χ1n) is 4.95. The molecule has 0 aliphatic carbocycles. The van der Waals surface area contributed by atoms with Gasteiger partial charge in [0.15, 0.2) is 0 Å². The zero-order chi connectivity index (χ0) is 12.1. The third-order valence-corrected chi connectivity index (χ3v) is 3.40. The minimum atomic E-state index is -0.206. The number of carbonyl (C=O) groups is 1. The van der Waals surface area contributed by atoms with E-state index in [4.69, 9.17) is 16.7 Å². The van der Waals surface area contributed by atoms with Gasteiger partial charge in [-0.15, -0.1) is 0 Å². The Hall–Kier alpha value is -0.330. The maximum atomic E-state index is 11.9. The smallest absolute Gasteiger partial charge is 0.252 e. The number of aliphatic hydroxyl groups excluding tert-OH is 1. The zero-order valence-electron chi connectivity index (χ0n) is 8.84. The fraction of sp³-hybridized carbons (Fsp3) is 0.364. The quantitative estimate of drug-likeness (QED) is 0.817. The van der Waals surface area contributed by atoms with Gasteiger partial charge in [0, 0.05) is 8.59 Å². The molecule has 0 aliphatic heterocycles. The normalized spacial score (nSPS) is 12.2. The molecule has 2 N–H and O–H groups in total. The molecule has 0 saturated heterocycles. The highest BCUT2D eigenvalue weighted by molar-refractivity contribution is 14.1. The Balaban J connectivity index is 2.83. The van der Waals surface area contributed by atoms with Crippen LogP contribution in [-0.2, 0) is 0 Å². The Kier molecular flexibility index (Phi) is 5.51. The van der Waals surface area contributed by atoms with Gasteiger partial charge in [-0.1, -0.05) is 18.5 Å². The minimum Gasteiger partial charge on any atom is -0.394 e. The third-order valence-electron chi connectivity index (χ3n) is 2.22. The summed E-state index contributed by atoms with van der Waals surface area (Å²) in [5.74, 6) is -0.201. The standard InChI is InChI=1S/C11H13ClINO2/c1-2-8(6-15)14-11(16)9-5-7(12)3-4-10(9)13/h3-5,8,15H,2,6H2,1H3,(H,14,16)/t8-/m0/s1. The number of amides is 1. The third kappa shape index (κ3) is 3.61. The summed E-state index contributed by atoms with van der Waals surface area (Å²) in [6, 6.07) is 4.95. The first-order chi connectivity index (χ1) is 7.58. The van der Waals surface area contributed by atoms with E-state index < -0.39 is 0 Å². The lowest BCUT2D eigenvalue weighted by Gasteiger charge is -2.14. The molecule has 0 radical (unpaired) electrons. The van der Waals surface area contributed by atoms with Crippen molar-refractivity contribution in [1.82, 2.24) is 5.32 Å². The maximum Gasteiger partial charge on any atom is 0.252 e. The second kappa shape index (κ2) is 6.42. The average Bonchev–Trinajstić information content (AvgIpc) is 2.28. The fourth-order valence-electron chi connectivity index (χ4n) is 1.21. The van der Waals surface area contributed by atoms with Gasteiger partial charge in [-0.05, 0) is 47.2 Å². The lowest BCUT2D eigenvalue weighted by atomic mass is 10.2. The highest BCUT2D eigenvalue weighted by Crippen LogP contribution is 2.18. The molecule has 0 saturated carbocycles. The number of hydrogen-bond donors (Lipinski definition) is 2. The topological polar surface area (TPSA) is 49.3 Å². The second-order valence-electron chi connectivity index (χ2n) is 3.39. The molecule has 0 aromatic heterocycles. The molecule has 3 nitrogen and oxygen atoms in total. The molecule has 88 valence electrons. The van der Waals surface area contributed by atoms with Gasteiger partial charge in [0.1, 0.15) is 0 Å². The summed E-state index contributed by atoms with van der Waals surface area (Å²) in [6.45, 7) is 1.85. The molecule has 1 rings (SSSR count). The molecule has 0 fully saturated rings. The van der Waals surface area contributed by atoms with Gasteiger partial charge in [-0.25, -0.2) is 0 Å². The molecular weight excluding hydrogens is 340 g/mol. The molecule has 5 heteroatoms. The lowest BCUT2D eigenvalue weighted by molar-refractivity contribution is 0.0914. The van der Waals surface area contributed by atoms with Crippen LogP contribution >= 0.6 is 34.2 Å². The Labute approximate surface area is 113 Å². The van der Waals surface area contributed by atoms with Crippen molar-refractivity contribution in [3.63, 3.8) is 0 Å². The Morgan fingerprint density at radius 2 is 2.31 bits per heavy atom. The number of nitrogens with one attached hydrogen (secondary N) is 1. The van der Waals surface area contributed by atoms with Crippen molar-refractivity contribution in [2.45, 2.75) is 19.4 Å². The monoisotopic (exact) mass is 353 g/mol. The van der Waals surface area contributed by atoms with Gasteiger partial charge in [-0.2, -0.15) is 0 Å². The van der Waals surface area contributed by atoms with Crippen molar-refractivity contribution in [2.75, 3.05) is 6.61 Å². The molecule has 0 heterocycles. The van der Waals surface area contributed by atoms with E-state index in [0.717, 1.165) is 3.57 Å². The van der Waals surface area contributed by atoms with Crippen LogP contribution in [0.15, 0.2) is 18.2 Å². The Morgan fingerprint density at radius 3 is 2.88 bits per heavy atom. The molecule has 1 amide bonds. The van der Waals surface area contributed by atoms with Crippen molar-refractivity contribution in [1.29, 1.82) is 0 Å². The number of carbonyl (C=O) groups excluding carboxylic acids is 1. The van der Waals surface area contributed by atoms with Crippen molar-refractivity contribution < 1.29 is 9.90 Å². The maximum absolute atomic E-state index is 11.9. The van der Waals surface area contributed by atoms with E-state index >= 15 is 0 Å². The summed E-state index contributed by atoms with van der Waals surface area (Å²) in [4.78, 5) is 11.9. The molecule has 1 atom stereocenters. The summed E-state index contributed by atoms with van der Waals surface area (Å²) in [7, 11) is 0. The van der Waals surface area contributed by atoms with Gasteiger partial charge in [0.25, 0.3) is 5.91 Å². The van der Waals surface area contributed by atoms with Crippen molar-refractivity contribution >= 4 is 40.1 Å². The van der Waals surface area contributed by atoms with Gasteiger partial charge in [-0.3, -0.25) is 4.79 Å². The molecule has 16 heavy (non-hydrogen) atoms. The van der Waals surface area contributed by atoms with Crippen molar-refractivity contribution in [3.05, 3.63) is 32.4 Å². The predicted molar refractivity (Wildman–Crippen MR) is 72.8 cm³/mol. The molecule has 1 aromatic rings. The van der Waals surface area contributed by atoms with Crippen LogP contribution in [-0.4, -0.2) is 23.7 Å². The number of halogens is 2. The highest BCUT2D eigenvalue weighted by Gasteiger charge is 2.14. The predicted octanol–water partition coefficient (Wildman–Crippen LogP) is 2.45. The second-order valence-corrected chi connectivity index (χ2v) is 4.98. The minimum absolute atomic E-state index is 0.0562. The molecule has 0 unspecified atom stereocenters. The van der Waals surface area contributed by atoms with E-state index in [1.54, 1.807) is 18.2 Å². The van der Waals surface area contributed by atoms with E-state index in [1.807, 2.05) is 6.92 Å². The molecular formula is C11H13ClINO2. The number of benzene rings is 1. The molecule has 0 bridgehead atoms. The van der Waals surface area contributed by atoms with Crippen LogP contribution in [0.2, 0.25) is 5.02 Å². The van der Waals surface area contributed by atoms with Crippen LogP contribution in [0.1, 0.15) is 23.7 Å². The zero-order valence-corrected chi connectivity index (χ0v) is 11.7.